The molecule has 0 saturated heterocycles. The van der Waals surface area contributed by atoms with Gasteiger partial charge in [-0.1, -0.05) is 53.5 Å². The molecule has 3 heteroatoms. The van der Waals surface area contributed by atoms with Crippen LogP contribution in [0.1, 0.15) is 30.0 Å². The van der Waals surface area contributed by atoms with Gasteiger partial charge in [0.1, 0.15) is 0 Å². The van der Waals surface area contributed by atoms with Crippen LogP contribution in [0, 0.1) is 0 Å². The quantitative estimate of drug-likeness (QED) is 0.766. The van der Waals surface area contributed by atoms with Crippen LogP contribution in [0.3, 0.4) is 0 Å². The fraction of sp³-hybridized carbons (Fsp3) is 0.294. The first-order valence-corrected chi connectivity index (χ1v) is 7.62. The van der Waals surface area contributed by atoms with Gasteiger partial charge in [-0.15, -0.1) is 0 Å². The Balaban J connectivity index is 1.93. The Labute approximate surface area is 130 Å². The van der Waals surface area contributed by atoms with Crippen molar-refractivity contribution in [3.8, 4) is 0 Å². The molecule has 0 aliphatic rings. The Morgan fingerprint density at radius 3 is 2.50 bits per heavy atom. The minimum atomic E-state index is 0.383. The van der Waals surface area contributed by atoms with Gasteiger partial charge in [0.05, 0.1) is 0 Å². The molecule has 0 fully saturated rings. The van der Waals surface area contributed by atoms with Crippen molar-refractivity contribution in [2.24, 2.45) is 0 Å². The zero-order valence-corrected chi connectivity index (χ0v) is 13.1. The summed E-state index contributed by atoms with van der Waals surface area (Å²) in [6.45, 7) is 0. The molecule has 0 saturated carbocycles. The standard InChI is InChI=1S/C17H19Cl2N/c1-20-17(13-6-3-2-4-7-13)9-5-8-14-12-15(18)10-11-16(14)19/h2-4,6-7,10-12,17,20H,5,8-9H2,1H3. The molecule has 1 nitrogen and oxygen atoms in total. The molecule has 0 spiro atoms. The van der Waals surface area contributed by atoms with Crippen molar-refractivity contribution >= 4 is 23.2 Å². The van der Waals surface area contributed by atoms with Crippen molar-refractivity contribution < 1.29 is 0 Å². The molecule has 0 aliphatic heterocycles. The van der Waals surface area contributed by atoms with Crippen LogP contribution in [0.5, 0.6) is 0 Å². The molecule has 0 bridgehead atoms. The Hall–Kier alpha value is -1.02. The average Bonchev–Trinajstić information content (AvgIpc) is 2.48. The van der Waals surface area contributed by atoms with Crippen LogP contribution in [0.4, 0.5) is 0 Å². The first-order chi connectivity index (χ1) is 9.70. The summed E-state index contributed by atoms with van der Waals surface area (Å²) in [5, 5.41) is 4.92. The Morgan fingerprint density at radius 1 is 1.05 bits per heavy atom. The molecular formula is C17H19Cl2N. The van der Waals surface area contributed by atoms with Crippen LogP contribution in [-0.4, -0.2) is 7.05 Å². The minimum absolute atomic E-state index is 0.383. The van der Waals surface area contributed by atoms with Crippen molar-refractivity contribution in [3.63, 3.8) is 0 Å². The molecule has 0 aromatic heterocycles. The van der Waals surface area contributed by atoms with E-state index in [9.17, 15) is 0 Å². The van der Waals surface area contributed by atoms with Gasteiger partial charge in [-0.25, -0.2) is 0 Å². The van der Waals surface area contributed by atoms with E-state index >= 15 is 0 Å². The lowest BCUT2D eigenvalue weighted by Crippen LogP contribution is -2.16. The Bertz CT molecular complexity index is 540. The summed E-state index contributed by atoms with van der Waals surface area (Å²) in [6.07, 6.45) is 3.09. The topological polar surface area (TPSA) is 12.0 Å². The maximum Gasteiger partial charge on any atom is 0.0439 e. The summed E-state index contributed by atoms with van der Waals surface area (Å²) in [6, 6.07) is 16.6. The van der Waals surface area contributed by atoms with E-state index in [0.29, 0.717) is 6.04 Å². The first-order valence-electron chi connectivity index (χ1n) is 6.87. The number of rotatable bonds is 6. The van der Waals surface area contributed by atoms with Crippen molar-refractivity contribution in [1.82, 2.24) is 5.32 Å². The molecule has 106 valence electrons. The van der Waals surface area contributed by atoms with E-state index in [1.165, 1.54) is 5.56 Å². The minimum Gasteiger partial charge on any atom is -0.313 e. The van der Waals surface area contributed by atoms with Gasteiger partial charge >= 0.3 is 0 Å². The van der Waals surface area contributed by atoms with E-state index in [4.69, 9.17) is 23.2 Å². The monoisotopic (exact) mass is 307 g/mol. The van der Waals surface area contributed by atoms with Gasteiger partial charge in [0.2, 0.25) is 0 Å². The van der Waals surface area contributed by atoms with Crippen LogP contribution in [-0.2, 0) is 6.42 Å². The molecule has 2 aromatic carbocycles. The number of benzene rings is 2. The van der Waals surface area contributed by atoms with Crippen LogP contribution < -0.4 is 5.32 Å². The number of nitrogens with one attached hydrogen (secondary N) is 1. The summed E-state index contributed by atoms with van der Waals surface area (Å²) >= 11 is 12.2. The van der Waals surface area contributed by atoms with Gasteiger partial charge in [-0.05, 0) is 55.6 Å². The van der Waals surface area contributed by atoms with E-state index in [1.54, 1.807) is 0 Å². The lowest BCUT2D eigenvalue weighted by Gasteiger charge is -2.16. The Morgan fingerprint density at radius 2 is 1.80 bits per heavy atom. The van der Waals surface area contributed by atoms with Gasteiger partial charge in [-0.2, -0.15) is 0 Å². The maximum atomic E-state index is 6.19. The van der Waals surface area contributed by atoms with Crippen molar-refractivity contribution in [2.75, 3.05) is 7.05 Å². The molecular weight excluding hydrogens is 289 g/mol. The maximum absolute atomic E-state index is 6.19. The second-order valence-electron chi connectivity index (χ2n) is 4.88. The predicted octanol–water partition coefficient (Wildman–Crippen LogP) is 5.28. The van der Waals surface area contributed by atoms with Gasteiger partial charge in [0, 0.05) is 16.1 Å². The average molecular weight is 308 g/mol. The fourth-order valence-corrected chi connectivity index (χ4v) is 2.80. The van der Waals surface area contributed by atoms with E-state index in [0.717, 1.165) is 34.9 Å². The lowest BCUT2D eigenvalue weighted by molar-refractivity contribution is 0.527. The smallest absolute Gasteiger partial charge is 0.0439 e. The molecule has 1 unspecified atom stereocenters. The second-order valence-corrected chi connectivity index (χ2v) is 5.72. The number of hydrogen-bond acceptors (Lipinski definition) is 1. The van der Waals surface area contributed by atoms with Crippen molar-refractivity contribution in [2.45, 2.75) is 25.3 Å². The predicted molar refractivity (Wildman–Crippen MR) is 87.6 cm³/mol. The van der Waals surface area contributed by atoms with E-state index < -0.39 is 0 Å². The summed E-state index contributed by atoms with van der Waals surface area (Å²) in [5.74, 6) is 0. The summed E-state index contributed by atoms with van der Waals surface area (Å²) in [4.78, 5) is 0. The molecule has 0 radical (unpaired) electrons. The third kappa shape index (κ3) is 4.24. The SMILES string of the molecule is CNC(CCCc1cc(Cl)ccc1Cl)c1ccccc1. The van der Waals surface area contributed by atoms with Crippen molar-refractivity contribution in [3.05, 3.63) is 69.7 Å². The molecule has 1 N–H and O–H groups in total. The van der Waals surface area contributed by atoms with Gasteiger partial charge < -0.3 is 5.32 Å². The van der Waals surface area contributed by atoms with E-state index in [2.05, 4.69) is 29.6 Å². The third-order valence-corrected chi connectivity index (χ3v) is 4.10. The fourth-order valence-electron chi connectivity index (χ4n) is 2.39. The van der Waals surface area contributed by atoms with Gasteiger partial charge in [-0.3, -0.25) is 0 Å². The van der Waals surface area contributed by atoms with Crippen LogP contribution >= 0.6 is 23.2 Å². The lowest BCUT2D eigenvalue weighted by atomic mass is 9.99. The zero-order valence-electron chi connectivity index (χ0n) is 11.6. The summed E-state index contributed by atoms with van der Waals surface area (Å²) in [7, 11) is 2.00. The summed E-state index contributed by atoms with van der Waals surface area (Å²) < 4.78 is 0. The first kappa shape index (κ1) is 15.4. The molecule has 2 rings (SSSR count). The largest absolute Gasteiger partial charge is 0.313 e. The summed E-state index contributed by atoms with van der Waals surface area (Å²) in [5.41, 5.74) is 2.45. The molecule has 0 aliphatic carbocycles. The highest BCUT2D eigenvalue weighted by Crippen LogP contribution is 2.24. The highest BCUT2D eigenvalue weighted by atomic mass is 35.5. The molecule has 20 heavy (non-hydrogen) atoms. The van der Waals surface area contributed by atoms with Crippen LogP contribution in [0.2, 0.25) is 10.0 Å². The Kier molecular flexibility index (Phi) is 5.90. The second kappa shape index (κ2) is 7.68. The van der Waals surface area contributed by atoms with Crippen molar-refractivity contribution in [1.29, 1.82) is 0 Å². The van der Waals surface area contributed by atoms with E-state index in [-0.39, 0.29) is 0 Å². The third-order valence-electron chi connectivity index (χ3n) is 3.50. The number of aryl methyl sites for hydroxylation is 1. The molecule has 0 heterocycles. The van der Waals surface area contributed by atoms with Gasteiger partial charge in [0.15, 0.2) is 0 Å². The molecule has 2 aromatic rings. The molecule has 1 atom stereocenters. The van der Waals surface area contributed by atoms with Gasteiger partial charge in [0.25, 0.3) is 0 Å². The normalized spacial score (nSPS) is 12.3. The number of hydrogen-bond donors (Lipinski definition) is 1. The highest BCUT2D eigenvalue weighted by Gasteiger charge is 2.09. The highest BCUT2D eigenvalue weighted by molar-refractivity contribution is 6.33. The number of halogens is 2. The van der Waals surface area contributed by atoms with Crippen LogP contribution in [0.15, 0.2) is 48.5 Å². The van der Waals surface area contributed by atoms with E-state index in [1.807, 2.05) is 31.3 Å². The molecule has 0 amide bonds. The zero-order chi connectivity index (χ0) is 14.4. The van der Waals surface area contributed by atoms with Crippen LogP contribution in [0.25, 0.3) is 0 Å².